The van der Waals surface area contributed by atoms with Crippen LogP contribution in [0.2, 0.25) is 36.3 Å². The lowest BCUT2D eigenvalue weighted by atomic mass is 9.53. The van der Waals surface area contributed by atoms with Gasteiger partial charge in [0, 0.05) is 17.8 Å². The smallest absolute Gasteiger partial charge is 0.193 e. The monoisotopic (exact) mass is 546 g/mol. The van der Waals surface area contributed by atoms with Crippen molar-refractivity contribution in [2.75, 3.05) is 0 Å². The largest absolute Gasteiger partial charge is 0.413 e. The molecule has 0 amide bonds. The summed E-state index contributed by atoms with van der Waals surface area (Å²) in [5.74, 6) is 9.37. The van der Waals surface area contributed by atoms with Gasteiger partial charge in [-0.15, -0.1) is 0 Å². The molecule has 0 spiro atoms. The number of fused-ring (bicyclic) bond motifs is 1. The Balaban J connectivity index is 1.95. The molecule has 0 heterocycles. The summed E-state index contributed by atoms with van der Waals surface area (Å²) in [5.41, 5.74) is 0. The molecule has 0 N–H and O–H groups in total. The molecule has 3 fully saturated rings. The molecule has 0 aliphatic heterocycles. The normalized spacial score (nSPS) is 31.3. The van der Waals surface area contributed by atoms with Crippen molar-refractivity contribution in [3.8, 4) is 11.8 Å². The van der Waals surface area contributed by atoms with Crippen LogP contribution < -0.4 is 0 Å². The Bertz CT molecular complexity index is 846. The minimum Gasteiger partial charge on any atom is -0.413 e. The molecule has 3 nitrogen and oxygen atoms in total. The molecular weight excluding hydrogens is 489 g/mol. The third kappa shape index (κ3) is 7.03. The number of hydrogen-bond donors (Lipinski definition) is 0. The summed E-state index contributed by atoms with van der Waals surface area (Å²) >= 11 is 0. The van der Waals surface area contributed by atoms with E-state index in [-0.39, 0.29) is 40.0 Å². The van der Waals surface area contributed by atoms with Crippen LogP contribution in [0.4, 0.5) is 0 Å². The molecule has 37 heavy (non-hydrogen) atoms. The maximum atomic E-state index is 12.7. The van der Waals surface area contributed by atoms with Gasteiger partial charge in [0.15, 0.2) is 16.6 Å². The number of rotatable bonds is 5. The molecular formula is C32H58O3Si2. The summed E-state index contributed by atoms with van der Waals surface area (Å²) in [6.07, 6.45) is 11.1. The highest BCUT2D eigenvalue weighted by Gasteiger charge is 2.56. The van der Waals surface area contributed by atoms with Gasteiger partial charge >= 0.3 is 0 Å². The van der Waals surface area contributed by atoms with Gasteiger partial charge in [-0.1, -0.05) is 92.4 Å². The zero-order chi connectivity index (χ0) is 27.8. The minimum absolute atomic E-state index is 0.000950. The van der Waals surface area contributed by atoms with E-state index in [2.05, 4.69) is 86.5 Å². The van der Waals surface area contributed by atoms with Crippen LogP contribution in [-0.4, -0.2) is 34.6 Å². The van der Waals surface area contributed by atoms with E-state index in [0.717, 1.165) is 12.8 Å². The SMILES string of the molecule is CC1C(=O)[C@H]2CC[C@@H](O[Si](C)(C)C(C)(C)C)[C@H](C#C[C@@H](O[Si](C)(C)C(C)(C)C)C3CCCCCCC3)[C@@H]12. The molecule has 3 aliphatic carbocycles. The van der Waals surface area contributed by atoms with Gasteiger partial charge in [0.2, 0.25) is 0 Å². The first kappa shape index (κ1) is 31.1. The van der Waals surface area contributed by atoms with Crippen LogP contribution in [0.1, 0.15) is 106 Å². The molecule has 3 rings (SSSR count). The van der Waals surface area contributed by atoms with Gasteiger partial charge < -0.3 is 8.85 Å². The lowest BCUT2D eigenvalue weighted by Crippen LogP contribution is -2.57. The standard InChI is InChI=1S/C32H58O3Si2/c1-23-29-25(28(22-20-26(29)30(23)33)35-37(10,11)32(5,6)7)19-21-27(34-36(8,9)31(2,3)4)24-17-15-13-12-14-16-18-24/h23-29H,12-18,20,22H2,1-11H3/t23?,25-,26-,27+,28+,29+/m0/s1. The number of ketones is 1. The molecule has 3 aliphatic rings. The fourth-order valence-electron chi connectivity index (χ4n) is 6.20. The Morgan fingerprint density at radius 2 is 1.35 bits per heavy atom. The first-order valence-corrected chi connectivity index (χ1v) is 21.2. The van der Waals surface area contributed by atoms with E-state index in [1.54, 1.807) is 0 Å². The van der Waals surface area contributed by atoms with E-state index >= 15 is 0 Å². The van der Waals surface area contributed by atoms with E-state index in [4.69, 9.17) is 8.85 Å². The first-order chi connectivity index (χ1) is 17.0. The summed E-state index contributed by atoms with van der Waals surface area (Å²) in [4.78, 5) is 12.7. The third-order valence-electron chi connectivity index (χ3n) is 10.9. The number of Topliss-reactive ketones (excluding diaryl/α,β-unsaturated/α-hetero) is 1. The minimum atomic E-state index is -1.97. The van der Waals surface area contributed by atoms with Crippen LogP contribution in [0, 0.1) is 41.4 Å². The topological polar surface area (TPSA) is 35.5 Å². The maximum Gasteiger partial charge on any atom is 0.193 e. The highest BCUT2D eigenvalue weighted by molar-refractivity contribution is 6.74. The van der Waals surface area contributed by atoms with Crippen molar-refractivity contribution in [3.63, 3.8) is 0 Å². The summed E-state index contributed by atoms with van der Waals surface area (Å²) < 4.78 is 14.2. The Morgan fingerprint density at radius 3 is 1.89 bits per heavy atom. The van der Waals surface area contributed by atoms with Crippen molar-refractivity contribution in [2.45, 2.75) is 155 Å². The second-order valence-electron chi connectivity index (χ2n) is 15.6. The van der Waals surface area contributed by atoms with Crippen LogP contribution in [0.5, 0.6) is 0 Å². The van der Waals surface area contributed by atoms with Crippen molar-refractivity contribution >= 4 is 22.4 Å². The van der Waals surface area contributed by atoms with E-state index in [1.807, 2.05) is 0 Å². The first-order valence-electron chi connectivity index (χ1n) is 15.4. The molecule has 0 bridgehead atoms. The fourth-order valence-corrected chi connectivity index (χ4v) is 8.81. The van der Waals surface area contributed by atoms with Gasteiger partial charge in [0.25, 0.3) is 0 Å². The summed E-state index contributed by atoms with van der Waals surface area (Å²) in [7, 11) is -3.91. The average molecular weight is 547 g/mol. The lowest BCUT2D eigenvalue weighted by molar-refractivity contribution is -0.151. The van der Waals surface area contributed by atoms with E-state index < -0.39 is 16.6 Å². The van der Waals surface area contributed by atoms with Crippen LogP contribution >= 0.6 is 0 Å². The average Bonchev–Trinajstić information content (AvgIpc) is 2.74. The van der Waals surface area contributed by atoms with Crippen LogP contribution in [0.3, 0.4) is 0 Å². The molecule has 212 valence electrons. The van der Waals surface area contributed by atoms with E-state index in [0.29, 0.717) is 17.6 Å². The van der Waals surface area contributed by atoms with Gasteiger partial charge in [-0.25, -0.2) is 0 Å². The Labute approximate surface area is 231 Å². The van der Waals surface area contributed by atoms with Crippen LogP contribution in [-0.2, 0) is 13.6 Å². The van der Waals surface area contributed by atoms with Gasteiger partial charge in [-0.2, -0.15) is 0 Å². The van der Waals surface area contributed by atoms with E-state index in [9.17, 15) is 4.79 Å². The lowest BCUT2D eigenvalue weighted by Gasteiger charge is -2.52. The van der Waals surface area contributed by atoms with Gasteiger partial charge in [0.1, 0.15) is 11.9 Å². The number of carbonyl (C=O) groups excluding carboxylic acids is 1. The third-order valence-corrected chi connectivity index (χ3v) is 19.8. The van der Waals surface area contributed by atoms with Crippen molar-refractivity contribution in [3.05, 3.63) is 0 Å². The second-order valence-corrected chi connectivity index (χ2v) is 25.1. The van der Waals surface area contributed by atoms with Crippen LogP contribution in [0.25, 0.3) is 0 Å². The highest BCUT2D eigenvalue weighted by Crippen LogP contribution is 2.51. The second kappa shape index (κ2) is 11.6. The molecule has 0 radical (unpaired) electrons. The molecule has 6 atom stereocenters. The van der Waals surface area contributed by atoms with Crippen molar-refractivity contribution in [1.29, 1.82) is 0 Å². The zero-order valence-corrected chi connectivity index (χ0v) is 28.1. The Hall–Kier alpha value is -0.416. The zero-order valence-electron chi connectivity index (χ0n) is 26.1. The molecule has 0 saturated heterocycles. The fraction of sp³-hybridized carbons (Fsp3) is 0.906. The number of carbonyl (C=O) groups is 1. The molecule has 0 aromatic rings. The van der Waals surface area contributed by atoms with Crippen molar-refractivity contribution in [2.24, 2.45) is 29.6 Å². The predicted octanol–water partition coefficient (Wildman–Crippen LogP) is 8.99. The molecule has 1 unspecified atom stereocenters. The van der Waals surface area contributed by atoms with Gasteiger partial charge in [-0.05, 0) is 73.8 Å². The van der Waals surface area contributed by atoms with Crippen molar-refractivity contribution in [1.82, 2.24) is 0 Å². The van der Waals surface area contributed by atoms with Crippen LogP contribution in [0.15, 0.2) is 0 Å². The quantitative estimate of drug-likeness (QED) is 0.255. The maximum absolute atomic E-state index is 12.7. The van der Waals surface area contributed by atoms with Gasteiger partial charge in [-0.3, -0.25) is 4.79 Å². The summed E-state index contributed by atoms with van der Waals surface area (Å²) in [6, 6.07) is 0. The molecule has 0 aromatic heterocycles. The Morgan fingerprint density at radius 1 is 0.811 bits per heavy atom. The summed E-state index contributed by atoms with van der Waals surface area (Å²) in [6.45, 7) is 25.5. The predicted molar refractivity (Wildman–Crippen MR) is 162 cm³/mol. The molecule has 5 heteroatoms. The molecule has 0 aromatic carbocycles. The highest BCUT2D eigenvalue weighted by atomic mass is 28.4. The number of hydrogen-bond acceptors (Lipinski definition) is 3. The van der Waals surface area contributed by atoms with Gasteiger partial charge in [0.05, 0.1) is 6.10 Å². The van der Waals surface area contributed by atoms with E-state index in [1.165, 1.54) is 44.9 Å². The summed E-state index contributed by atoms with van der Waals surface area (Å²) in [5, 5.41) is 0.322. The Kier molecular flexibility index (Phi) is 9.75. The van der Waals surface area contributed by atoms with Crippen molar-refractivity contribution < 1.29 is 13.6 Å². The molecule has 3 saturated carbocycles.